The van der Waals surface area contributed by atoms with Crippen LogP contribution in [0.25, 0.3) is 0 Å². The molecule has 0 aromatic heterocycles. The Labute approximate surface area is 238 Å². The van der Waals surface area contributed by atoms with E-state index in [-0.39, 0.29) is 33.1 Å². The minimum absolute atomic E-state index is 0.00840. The number of hydrogen-bond acceptors (Lipinski definition) is 4. The second-order valence-electron chi connectivity index (χ2n) is 8.64. The highest BCUT2D eigenvalue weighted by atomic mass is 35.5. The van der Waals surface area contributed by atoms with Crippen LogP contribution in [-0.4, -0.2) is 44.3 Å². The van der Waals surface area contributed by atoms with E-state index in [0.717, 1.165) is 9.87 Å². The molecule has 3 aromatic carbocycles. The van der Waals surface area contributed by atoms with E-state index in [1.807, 2.05) is 6.92 Å². The molecular formula is C27H28Cl3N3O4S. The summed E-state index contributed by atoms with van der Waals surface area (Å²) in [5.41, 5.74) is 1.59. The van der Waals surface area contributed by atoms with Gasteiger partial charge in [0.25, 0.3) is 10.0 Å². The molecule has 7 nitrogen and oxygen atoms in total. The molecule has 0 fully saturated rings. The summed E-state index contributed by atoms with van der Waals surface area (Å²) in [7, 11) is -4.23. The molecule has 0 aliphatic rings. The molecule has 11 heteroatoms. The van der Waals surface area contributed by atoms with Gasteiger partial charge in [0.05, 0.1) is 10.6 Å². The summed E-state index contributed by atoms with van der Waals surface area (Å²) in [6.07, 6.45) is 0. The minimum atomic E-state index is -4.23. The molecule has 202 valence electrons. The topological polar surface area (TPSA) is 86.8 Å². The second-order valence-corrected chi connectivity index (χ2v) is 11.8. The van der Waals surface area contributed by atoms with Gasteiger partial charge in [-0.1, -0.05) is 70.7 Å². The van der Waals surface area contributed by atoms with Gasteiger partial charge in [0.2, 0.25) is 11.8 Å². The number of rotatable bonds is 10. The van der Waals surface area contributed by atoms with Gasteiger partial charge in [-0.25, -0.2) is 8.42 Å². The monoisotopic (exact) mass is 595 g/mol. The summed E-state index contributed by atoms with van der Waals surface area (Å²) in [5.74, 6) is -0.998. The maximum Gasteiger partial charge on any atom is 0.264 e. The van der Waals surface area contributed by atoms with Gasteiger partial charge < -0.3 is 10.2 Å². The number of likely N-dealkylation sites (N-methyl/N-ethyl adjacent to an activating group) is 1. The summed E-state index contributed by atoms with van der Waals surface area (Å²) in [6, 6.07) is 16.6. The standard InChI is InChI=1S/C27H28Cl3N3O4S/c1-4-31-27(35)19(3)32(16-20-7-5-6-8-25(20)30)26(34)17-33(23-14-21(28)13-22(29)15-23)38(36,37)24-11-9-18(2)10-12-24/h5-15,19H,4,16-17H2,1-3H3,(H,31,35)/t19-/m0/s1. The third kappa shape index (κ3) is 7.20. The molecular weight excluding hydrogens is 569 g/mol. The van der Waals surface area contributed by atoms with Crippen LogP contribution >= 0.6 is 34.8 Å². The lowest BCUT2D eigenvalue weighted by molar-refractivity contribution is -0.139. The van der Waals surface area contributed by atoms with Crippen molar-refractivity contribution in [3.05, 3.63) is 92.9 Å². The average Bonchev–Trinajstić information content (AvgIpc) is 2.86. The van der Waals surface area contributed by atoms with Crippen molar-refractivity contribution < 1.29 is 18.0 Å². The number of amides is 2. The van der Waals surface area contributed by atoms with Gasteiger partial charge in [0.1, 0.15) is 12.6 Å². The molecule has 0 heterocycles. The maximum atomic E-state index is 13.8. The first-order valence-corrected chi connectivity index (χ1v) is 14.4. The van der Waals surface area contributed by atoms with E-state index in [1.165, 1.54) is 35.2 Å². The average molecular weight is 597 g/mol. The van der Waals surface area contributed by atoms with E-state index < -0.39 is 28.5 Å². The highest BCUT2D eigenvalue weighted by Gasteiger charge is 2.33. The quantitative estimate of drug-likeness (QED) is 0.325. The van der Waals surface area contributed by atoms with Gasteiger partial charge in [0, 0.05) is 28.2 Å². The molecule has 3 aromatic rings. The Kier molecular flexibility index (Phi) is 10.1. The van der Waals surface area contributed by atoms with Crippen molar-refractivity contribution >= 4 is 62.3 Å². The predicted octanol–water partition coefficient (Wildman–Crippen LogP) is 5.70. The highest BCUT2D eigenvalue weighted by Crippen LogP contribution is 2.30. The molecule has 38 heavy (non-hydrogen) atoms. The fourth-order valence-corrected chi connectivity index (χ4v) is 5.87. The maximum absolute atomic E-state index is 13.8. The molecule has 0 bridgehead atoms. The minimum Gasteiger partial charge on any atom is -0.355 e. The fourth-order valence-electron chi connectivity index (χ4n) is 3.76. The van der Waals surface area contributed by atoms with Gasteiger partial charge >= 0.3 is 0 Å². The molecule has 0 aliphatic carbocycles. The molecule has 1 atom stereocenters. The van der Waals surface area contributed by atoms with Crippen molar-refractivity contribution in [2.75, 3.05) is 17.4 Å². The Morgan fingerprint density at radius 3 is 2.13 bits per heavy atom. The van der Waals surface area contributed by atoms with E-state index in [2.05, 4.69) is 5.32 Å². The summed E-state index contributed by atoms with van der Waals surface area (Å²) < 4.78 is 28.6. The lowest BCUT2D eigenvalue weighted by atomic mass is 10.1. The van der Waals surface area contributed by atoms with Gasteiger partial charge in [0.15, 0.2) is 0 Å². The Hall–Kier alpha value is -2.78. The van der Waals surface area contributed by atoms with Crippen LogP contribution in [-0.2, 0) is 26.2 Å². The zero-order chi connectivity index (χ0) is 28.0. The van der Waals surface area contributed by atoms with Crippen molar-refractivity contribution in [3.63, 3.8) is 0 Å². The van der Waals surface area contributed by atoms with Crippen molar-refractivity contribution in [1.29, 1.82) is 0 Å². The third-order valence-corrected chi connectivity index (χ3v) is 8.43. The van der Waals surface area contributed by atoms with Crippen molar-refractivity contribution in [1.82, 2.24) is 10.2 Å². The molecule has 0 radical (unpaired) electrons. The van der Waals surface area contributed by atoms with Crippen LogP contribution in [0, 0.1) is 6.92 Å². The van der Waals surface area contributed by atoms with E-state index in [0.29, 0.717) is 17.1 Å². The number of aryl methyl sites for hydroxylation is 1. The molecule has 0 unspecified atom stereocenters. The second kappa shape index (κ2) is 12.8. The zero-order valence-electron chi connectivity index (χ0n) is 21.1. The Morgan fingerprint density at radius 1 is 0.947 bits per heavy atom. The summed E-state index contributed by atoms with van der Waals surface area (Å²) in [6.45, 7) is 4.93. The van der Waals surface area contributed by atoms with Crippen LogP contribution < -0.4 is 9.62 Å². The number of nitrogens with zero attached hydrogens (tertiary/aromatic N) is 2. The first-order chi connectivity index (χ1) is 17.9. The summed E-state index contributed by atoms with van der Waals surface area (Å²) >= 11 is 18.7. The summed E-state index contributed by atoms with van der Waals surface area (Å²) in [4.78, 5) is 27.9. The van der Waals surface area contributed by atoms with Gasteiger partial charge in [-0.3, -0.25) is 13.9 Å². The molecule has 3 rings (SSSR count). The first-order valence-electron chi connectivity index (χ1n) is 11.8. The van der Waals surface area contributed by atoms with Crippen LogP contribution in [0.4, 0.5) is 5.69 Å². The number of sulfonamides is 1. The van der Waals surface area contributed by atoms with Gasteiger partial charge in [-0.2, -0.15) is 0 Å². The van der Waals surface area contributed by atoms with Crippen LogP contribution in [0.1, 0.15) is 25.0 Å². The number of carbonyl (C=O) groups is 2. The van der Waals surface area contributed by atoms with Gasteiger partial charge in [-0.15, -0.1) is 0 Å². The van der Waals surface area contributed by atoms with Crippen LogP contribution in [0.2, 0.25) is 15.1 Å². The van der Waals surface area contributed by atoms with E-state index in [4.69, 9.17) is 34.8 Å². The number of benzene rings is 3. The number of nitrogens with one attached hydrogen (secondary N) is 1. The smallest absolute Gasteiger partial charge is 0.264 e. The van der Waals surface area contributed by atoms with Crippen molar-refractivity contribution in [2.45, 2.75) is 38.3 Å². The normalized spacial score (nSPS) is 12.1. The number of carbonyl (C=O) groups excluding carboxylic acids is 2. The molecule has 0 saturated heterocycles. The molecule has 1 N–H and O–H groups in total. The number of hydrogen-bond donors (Lipinski definition) is 1. The molecule has 2 amide bonds. The van der Waals surface area contributed by atoms with Crippen molar-refractivity contribution in [2.24, 2.45) is 0 Å². The van der Waals surface area contributed by atoms with Crippen LogP contribution in [0.5, 0.6) is 0 Å². The molecule has 0 saturated carbocycles. The Morgan fingerprint density at radius 2 is 1.55 bits per heavy atom. The van der Waals surface area contributed by atoms with E-state index in [1.54, 1.807) is 50.2 Å². The number of halogens is 3. The van der Waals surface area contributed by atoms with Crippen LogP contribution in [0.3, 0.4) is 0 Å². The molecule has 0 aliphatic heterocycles. The highest BCUT2D eigenvalue weighted by molar-refractivity contribution is 7.92. The lowest BCUT2D eigenvalue weighted by Gasteiger charge is -2.32. The third-order valence-electron chi connectivity index (χ3n) is 5.84. The van der Waals surface area contributed by atoms with Gasteiger partial charge in [-0.05, 0) is 62.7 Å². The van der Waals surface area contributed by atoms with E-state index in [9.17, 15) is 18.0 Å². The Balaban J connectivity index is 2.08. The SMILES string of the molecule is CCNC(=O)[C@H](C)N(Cc1ccccc1Cl)C(=O)CN(c1cc(Cl)cc(Cl)c1)S(=O)(=O)c1ccc(C)cc1. The first kappa shape index (κ1) is 29.8. The predicted molar refractivity (Wildman–Crippen MR) is 152 cm³/mol. The Bertz CT molecular complexity index is 1400. The zero-order valence-corrected chi connectivity index (χ0v) is 24.2. The van der Waals surface area contributed by atoms with Crippen LogP contribution in [0.15, 0.2) is 71.6 Å². The lowest BCUT2D eigenvalue weighted by Crippen LogP contribution is -2.51. The number of anilines is 1. The molecule has 0 spiro atoms. The summed E-state index contributed by atoms with van der Waals surface area (Å²) in [5, 5.41) is 3.53. The van der Waals surface area contributed by atoms with E-state index >= 15 is 0 Å². The fraction of sp³-hybridized carbons (Fsp3) is 0.259. The largest absolute Gasteiger partial charge is 0.355 e. The van der Waals surface area contributed by atoms with Crippen molar-refractivity contribution in [3.8, 4) is 0 Å².